The molecule has 11 heteroatoms. The van der Waals surface area contributed by atoms with Crippen molar-refractivity contribution in [1.29, 1.82) is 0 Å². The Bertz CT molecular complexity index is 835. The number of anilines is 1. The Morgan fingerprint density at radius 2 is 2.04 bits per heavy atom. The van der Waals surface area contributed by atoms with Crippen molar-refractivity contribution in [3.63, 3.8) is 0 Å². The molecule has 2 rings (SSSR count). The Hall–Kier alpha value is -1.84. The number of likely N-dealkylation sites (N-methyl/N-ethyl adjacent to an activating group) is 1. The zero-order valence-electron chi connectivity index (χ0n) is 12.2. The molecule has 0 saturated heterocycles. The van der Waals surface area contributed by atoms with Crippen LogP contribution < -0.4 is 4.72 Å². The molecule has 23 heavy (non-hydrogen) atoms. The third-order valence-electron chi connectivity index (χ3n) is 2.74. The average molecular weight is 378 g/mol. The molecule has 0 unspecified atom stereocenters. The van der Waals surface area contributed by atoms with Gasteiger partial charge in [-0.1, -0.05) is 23.2 Å². The number of benzene rings is 1. The SMILES string of the molecule is CN(C)C(=O)Cn1cnc(NS(=O)(=O)c2cc(Cl)ccc2Cl)n1. The first-order valence-corrected chi connectivity index (χ1v) is 8.50. The molecule has 0 aliphatic heterocycles. The molecule has 1 amide bonds. The first kappa shape index (κ1) is 17.5. The van der Waals surface area contributed by atoms with Crippen LogP contribution in [0.5, 0.6) is 0 Å². The molecular formula is C12H13Cl2N5O3S. The van der Waals surface area contributed by atoms with Crippen LogP contribution in [0.25, 0.3) is 0 Å². The van der Waals surface area contributed by atoms with Crippen LogP contribution in [0.1, 0.15) is 0 Å². The molecule has 0 fully saturated rings. The van der Waals surface area contributed by atoms with Gasteiger partial charge in [0.05, 0.1) is 5.02 Å². The van der Waals surface area contributed by atoms with Gasteiger partial charge in [-0.3, -0.25) is 4.79 Å². The van der Waals surface area contributed by atoms with Gasteiger partial charge in [-0.15, -0.1) is 5.10 Å². The lowest BCUT2D eigenvalue weighted by atomic mass is 10.4. The Morgan fingerprint density at radius 3 is 2.70 bits per heavy atom. The van der Waals surface area contributed by atoms with Gasteiger partial charge in [-0.05, 0) is 18.2 Å². The van der Waals surface area contributed by atoms with Gasteiger partial charge in [0.1, 0.15) is 17.8 Å². The maximum absolute atomic E-state index is 12.3. The molecule has 0 atom stereocenters. The largest absolute Gasteiger partial charge is 0.347 e. The summed E-state index contributed by atoms with van der Waals surface area (Å²) >= 11 is 11.7. The number of halogens is 2. The van der Waals surface area contributed by atoms with Gasteiger partial charge in [0.25, 0.3) is 16.0 Å². The molecule has 1 N–H and O–H groups in total. The fraction of sp³-hybridized carbons (Fsp3) is 0.250. The minimum Gasteiger partial charge on any atom is -0.347 e. The summed E-state index contributed by atoms with van der Waals surface area (Å²) in [6, 6.07) is 4.07. The number of hydrogen-bond acceptors (Lipinski definition) is 5. The third-order valence-corrected chi connectivity index (χ3v) is 4.79. The van der Waals surface area contributed by atoms with Crippen LogP contribution >= 0.6 is 23.2 Å². The molecule has 2 aromatic rings. The van der Waals surface area contributed by atoms with Crippen molar-refractivity contribution in [1.82, 2.24) is 19.7 Å². The van der Waals surface area contributed by atoms with E-state index in [-0.39, 0.29) is 33.3 Å². The number of rotatable bonds is 5. The summed E-state index contributed by atoms with van der Waals surface area (Å²) in [5.41, 5.74) is 0. The van der Waals surface area contributed by atoms with Crippen LogP contribution in [0.4, 0.5) is 5.95 Å². The lowest BCUT2D eigenvalue weighted by Gasteiger charge is -2.09. The van der Waals surface area contributed by atoms with E-state index < -0.39 is 10.0 Å². The monoisotopic (exact) mass is 377 g/mol. The number of carbonyl (C=O) groups is 1. The van der Waals surface area contributed by atoms with E-state index in [9.17, 15) is 13.2 Å². The van der Waals surface area contributed by atoms with E-state index in [0.717, 1.165) is 0 Å². The molecule has 0 radical (unpaired) electrons. The van der Waals surface area contributed by atoms with Crippen molar-refractivity contribution in [2.75, 3.05) is 18.8 Å². The lowest BCUT2D eigenvalue weighted by Crippen LogP contribution is -2.26. The van der Waals surface area contributed by atoms with E-state index in [2.05, 4.69) is 14.8 Å². The second kappa shape index (κ2) is 6.73. The van der Waals surface area contributed by atoms with Crippen molar-refractivity contribution in [2.24, 2.45) is 0 Å². The predicted octanol–water partition coefficient (Wildman–Crippen LogP) is 1.47. The maximum Gasteiger partial charge on any atom is 0.265 e. The topological polar surface area (TPSA) is 97.2 Å². The Labute approximate surface area is 143 Å². The minimum atomic E-state index is -4.00. The zero-order valence-corrected chi connectivity index (χ0v) is 14.5. The molecule has 8 nitrogen and oxygen atoms in total. The van der Waals surface area contributed by atoms with Crippen molar-refractivity contribution >= 4 is 45.1 Å². The highest BCUT2D eigenvalue weighted by atomic mass is 35.5. The summed E-state index contributed by atoms with van der Waals surface area (Å²) in [4.78, 5) is 16.6. The quantitative estimate of drug-likeness (QED) is 0.850. The van der Waals surface area contributed by atoms with E-state index >= 15 is 0 Å². The smallest absolute Gasteiger partial charge is 0.265 e. The number of hydrogen-bond donors (Lipinski definition) is 1. The number of nitrogens with zero attached hydrogens (tertiary/aromatic N) is 4. The third kappa shape index (κ3) is 4.34. The summed E-state index contributed by atoms with van der Waals surface area (Å²) in [6.45, 7) is -0.0559. The fourth-order valence-electron chi connectivity index (χ4n) is 1.56. The average Bonchev–Trinajstić information content (AvgIpc) is 2.87. The highest BCUT2D eigenvalue weighted by Crippen LogP contribution is 2.26. The predicted molar refractivity (Wildman–Crippen MR) is 86.0 cm³/mol. The van der Waals surface area contributed by atoms with Gasteiger partial charge in [-0.2, -0.15) is 4.98 Å². The van der Waals surface area contributed by atoms with Gasteiger partial charge in [-0.25, -0.2) is 17.8 Å². The van der Waals surface area contributed by atoms with Gasteiger partial charge >= 0.3 is 0 Å². The number of amides is 1. The Morgan fingerprint density at radius 1 is 1.35 bits per heavy atom. The number of carbonyl (C=O) groups excluding carboxylic acids is 1. The second-order valence-electron chi connectivity index (χ2n) is 4.73. The first-order chi connectivity index (χ1) is 10.7. The van der Waals surface area contributed by atoms with Crippen LogP contribution in [0.15, 0.2) is 29.4 Å². The Kier molecular flexibility index (Phi) is 5.12. The first-order valence-electron chi connectivity index (χ1n) is 6.26. The number of sulfonamides is 1. The normalized spacial score (nSPS) is 11.3. The number of aromatic nitrogens is 3. The highest BCUT2D eigenvalue weighted by molar-refractivity contribution is 7.92. The van der Waals surface area contributed by atoms with Crippen molar-refractivity contribution < 1.29 is 13.2 Å². The second-order valence-corrected chi connectivity index (χ2v) is 7.23. The van der Waals surface area contributed by atoms with Crippen molar-refractivity contribution in [3.05, 3.63) is 34.6 Å². The molecule has 1 aromatic heterocycles. The number of nitrogens with one attached hydrogen (secondary N) is 1. The summed E-state index contributed by atoms with van der Waals surface area (Å²) in [6.07, 6.45) is 1.25. The lowest BCUT2D eigenvalue weighted by molar-refractivity contribution is -0.129. The molecule has 0 aliphatic rings. The van der Waals surface area contributed by atoms with Crippen LogP contribution in [0.2, 0.25) is 10.0 Å². The molecule has 1 heterocycles. The molecule has 124 valence electrons. The van der Waals surface area contributed by atoms with Gasteiger partial charge in [0, 0.05) is 19.1 Å². The van der Waals surface area contributed by atoms with E-state index in [4.69, 9.17) is 23.2 Å². The molecule has 0 bridgehead atoms. The van der Waals surface area contributed by atoms with E-state index in [0.29, 0.717) is 0 Å². The van der Waals surface area contributed by atoms with Gasteiger partial charge < -0.3 is 4.90 Å². The molecule has 0 saturated carbocycles. The van der Waals surface area contributed by atoms with Crippen LogP contribution in [-0.4, -0.2) is 48.1 Å². The van der Waals surface area contributed by atoms with Crippen LogP contribution in [0.3, 0.4) is 0 Å². The summed E-state index contributed by atoms with van der Waals surface area (Å²) < 4.78 is 28.0. The van der Waals surface area contributed by atoms with Crippen LogP contribution in [0, 0.1) is 0 Å². The zero-order chi connectivity index (χ0) is 17.2. The maximum atomic E-state index is 12.3. The highest BCUT2D eigenvalue weighted by Gasteiger charge is 2.20. The summed E-state index contributed by atoms with van der Waals surface area (Å²) in [7, 11) is -0.796. The molecular weight excluding hydrogens is 365 g/mol. The van der Waals surface area contributed by atoms with E-state index in [1.165, 1.54) is 34.1 Å². The van der Waals surface area contributed by atoms with E-state index in [1.54, 1.807) is 14.1 Å². The molecule has 1 aromatic carbocycles. The summed E-state index contributed by atoms with van der Waals surface area (Å²) in [5.74, 6) is -0.380. The van der Waals surface area contributed by atoms with Gasteiger partial charge in [0.2, 0.25) is 5.91 Å². The molecule has 0 aliphatic carbocycles. The van der Waals surface area contributed by atoms with Crippen molar-refractivity contribution in [2.45, 2.75) is 11.4 Å². The molecule has 0 spiro atoms. The minimum absolute atomic E-state index is 0.0177. The summed E-state index contributed by atoms with van der Waals surface area (Å²) in [5, 5.41) is 4.13. The Balaban J connectivity index is 2.20. The fourth-order valence-corrected chi connectivity index (χ4v) is 3.27. The van der Waals surface area contributed by atoms with E-state index in [1.807, 2.05) is 0 Å². The standard InChI is InChI=1S/C12H13Cl2N5O3S/c1-18(2)11(20)6-19-7-15-12(16-19)17-23(21,22)10-5-8(13)3-4-9(10)14/h3-5,7H,6H2,1-2H3,(H,16,17). The van der Waals surface area contributed by atoms with Gasteiger partial charge in [0.15, 0.2) is 0 Å². The van der Waals surface area contributed by atoms with Crippen LogP contribution in [-0.2, 0) is 21.4 Å². The van der Waals surface area contributed by atoms with Crippen molar-refractivity contribution in [3.8, 4) is 0 Å².